The van der Waals surface area contributed by atoms with E-state index in [0.29, 0.717) is 0 Å². The van der Waals surface area contributed by atoms with Crippen LogP contribution in [0, 0.1) is 0 Å². The van der Waals surface area contributed by atoms with Crippen LogP contribution in [0.3, 0.4) is 0 Å². The van der Waals surface area contributed by atoms with Crippen molar-refractivity contribution in [1.29, 1.82) is 0 Å². The zero-order valence-corrected chi connectivity index (χ0v) is 4.21. The molecule has 4 N–H and O–H groups in total. The molecule has 0 aliphatic heterocycles. The van der Waals surface area contributed by atoms with Gasteiger partial charge in [0, 0.05) is 0 Å². The summed E-state index contributed by atoms with van der Waals surface area (Å²) in [5, 5.41) is 16.4. The molecule has 0 spiro atoms. The highest BCUT2D eigenvalue weighted by molar-refractivity contribution is 5.42. The van der Waals surface area contributed by atoms with Crippen LogP contribution in [-0.2, 0) is 0 Å². The molecule has 1 aromatic rings. The highest BCUT2D eigenvalue weighted by Gasteiger charge is 2.17. The third kappa shape index (κ3) is 0.667. The lowest BCUT2D eigenvalue weighted by atomic mass is 10.2. The molecule has 5 nitrogen and oxygen atoms in total. The summed E-state index contributed by atoms with van der Waals surface area (Å²) in [5.41, 5.74) is -2.02. The minimum atomic E-state index is -1.01. The Bertz CT molecular complexity index is 249. The quantitative estimate of drug-likeness (QED) is 0.393. The molecule has 0 saturated heterocycles. The second kappa shape index (κ2) is 1.87. The van der Waals surface area contributed by atoms with Gasteiger partial charge in [-0.1, -0.05) is 0 Å². The second-order valence-electron chi connectivity index (χ2n) is 1.36. The highest BCUT2D eigenvalue weighted by Crippen LogP contribution is 2.13. The molecule has 1 rings (SSSR count). The molecule has 0 saturated carbocycles. The van der Waals surface area contributed by atoms with Gasteiger partial charge in [0.15, 0.2) is 0 Å². The summed E-state index contributed by atoms with van der Waals surface area (Å²) >= 11 is 0. The van der Waals surface area contributed by atoms with Crippen LogP contribution in [0.2, 0.25) is 0 Å². The molecule has 9 heavy (non-hydrogen) atoms. The van der Waals surface area contributed by atoms with Crippen LogP contribution < -0.4 is 10.9 Å². The van der Waals surface area contributed by atoms with Crippen LogP contribution in [0.15, 0.2) is 9.59 Å². The van der Waals surface area contributed by atoms with Crippen LogP contribution in [0.4, 0.5) is 0 Å². The van der Waals surface area contributed by atoms with Crippen LogP contribution >= 0.6 is 0 Å². The van der Waals surface area contributed by atoms with Crippen molar-refractivity contribution in [2.24, 2.45) is 0 Å². The third-order valence-corrected chi connectivity index (χ3v) is 0.861. The molecule has 0 bridgehead atoms. The average Bonchev–Trinajstić information content (AvgIpc) is 1.83. The van der Waals surface area contributed by atoms with Gasteiger partial charge < -0.3 is 15.7 Å². The van der Waals surface area contributed by atoms with Crippen molar-refractivity contribution in [3.8, 4) is 11.5 Å². The summed E-state index contributed by atoms with van der Waals surface area (Å²) in [4.78, 5) is 19.9. The van der Waals surface area contributed by atoms with E-state index in [-0.39, 0.29) is 5.48 Å². The van der Waals surface area contributed by atoms with E-state index >= 15 is 0 Å². The predicted octanol–water partition coefficient (Wildman–Crippen LogP) is -2.13. The maximum Gasteiger partial charge on any atom is 0.275 e. The Labute approximate surface area is 48.8 Å². The minimum Gasteiger partial charge on any atom is -0.501 e. The van der Waals surface area contributed by atoms with Crippen LogP contribution in [0.25, 0.3) is 0 Å². The fraction of sp³-hybridized carbons (Fsp3) is 0. The van der Waals surface area contributed by atoms with Crippen LogP contribution in [0.1, 0.15) is 0 Å². The summed E-state index contributed by atoms with van der Waals surface area (Å²) in [6, 6.07) is 0. The predicted molar refractivity (Wildman–Crippen MR) is 28.3 cm³/mol. The van der Waals surface area contributed by atoms with Gasteiger partial charge in [0.05, 0.1) is 0 Å². The Morgan fingerprint density at radius 3 is 1.22 bits per heavy atom. The van der Waals surface area contributed by atoms with E-state index in [9.17, 15) is 9.59 Å². The number of aromatic hydroxyl groups is 2. The molecular weight excluding hydrogens is 128 g/mol. The first-order valence-corrected chi connectivity index (χ1v) is 1.86. The van der Waals surface area contributed by atoms with Crippen molar-refractivity contribution in [3.05, 3.63) is 20.4 Å². The van der Waals surface area contributed by atoms with Crippen molar-refractivity contribution in [1.82, 2.24) is 0 Å². The number of hydrogen-bond donors (Lipinski definition) is 2. The van der Waals surface area contributed by atoms with Gasteiger partial charge in [0.2, 0.25) is 11.5 Å². The summed E-state index contributed by atoms with van der Waals surface area (Å²) in [6.45, 7) is 0. The van der Waals surface area contributed by atoms with Gasteiger partial charge >= 0.3 is 0 Å². The summed E-state index contributed by atoms with van der Waals surface area (Å²) in [6.07, 6.45) is 0. The van der Waals surface area contributed by atoms with Gasteiger partial charge in [0.1, 0.15) is 0 Å². The smallest absolute Gasteiger partial charge is 0.275 e. The normalized spacial score (nSPS) is 8.89. The van der Waals surface area contributed by atoms with Crippen molar-refractivity contribution in [2.75, 3.05) is 0 Å². The molecule has 0 aromatic heterocycles. The first kappa shape index (κ1) is 7.64. The molecule has 0 heterocycles. The van der Waals surface area contributed by atoms with E-state index in [2.05, 4.69) is 0 Å². The molecule has 0 atom stereocenters. The molecule has 5 heteroatoms. The molecule has 1 aromatic carbocycles. The Morgan fingerprint density at radius 1 is 0.889 bits per heavy atom. The van der Waals surface area contributed by atoms with Gasteiger partial charge in [0.25, 0.3) is 10.9 Å². The Hall–Kier alpha value is -1.36. The van der Waals surface area contributed by atoms with Crippen LogP contribution in [0.5, 0.6) is 11.5 Å². The molecule has 0 fully saturated rings. The Balaban J connectivity index is 0.000000640. The lowest BCUT2D eigenvalue weighted by molar-refractivity contribution is 0.384. The van der Waals surface area contributed by atoms with Crippen molar-refractivity contribution >= 4 is 0 Å². The zero-order chi connectivity index (χ0) is 6.31. The molecule has 0 aliphatic rings. The van der Waals surface area contributed by atoms with E-state index in [4.69, 9.17) is 10.2 Å². The average molecular weight is 132 g/mol. The van der Waals surface area contributed by atoms with Gasteiger partial charge in [-0.3, -0.25) is 9.59 Å². The fourth-order valence-electron chi connectivity index (χ4n) is 0.368. The summed E-state index contributed by atoms with van der Waals surface area (Å²) in [5.74, 6) is -1.65. The molecular formula is C4H4O5. The monoisotopic (exact) mass is 132 g/mol. The fourth-order valence-corrected chi connectivity index (χ4v) is 0.368. The van der Waals surface area contributed by atoms with E-state index in [1.54, 1.807) is 0 Å². The lowest BCUT2D eigenvalue weighted by Gasteiger charge is -1.92. The maximum atomic E-state index is 9.95. The number of hydrogen-bond acceptors (Lipinski definition) is 4. The molecule has 0 radical (unpaired) electrons. The van der Waals surface area contributed by atoms with Gasteiger partial charge in [-0.15, -0.1) is 0 Å². The summed E-state index contributed by atoms with van der Waals surface area (Å²) in [7, 11) is 0. The largest absolute Gasteiger partial charge is 0.501 e. The van der Waals surface area contributed by atoms with Crippen molar-refractivity contribution in [2.45, 2.75) is 0 Å². The van der Waals surface area contributed by atoms with E-state index in [1.165, 1.54) is 0 Å². The van der Waals surface area contributed by atoms with Crippen molar-refractivity contribution < 1.29 is 15.7 Å². The standard InChI is InChI=1S/C4H2O4.H2O/c5-1-2(6)4(8)3(1)7;/h5-6H;1H2. The maximum absolute atomic E-state index is 9.95. The lowest BCUT2D eigenvalue weighted by Crippen LogP contribution is -2.28. The van der Waals surface area contributed by atoms with E-state index in [0.717, 1.165) is 0 Å². The van der Waals surface area contributed by atoms with Crippen LogP contribution in [-0.4, -0.2) is 15.7 Å². The first-order chi connectivity index (χ1) is 3.64. The molecule has 50 valence electrons. The third-order valence-electron chi connectivity index (χ3n) is 0.861. The zero-order valence-electron chi connectivity index (χ0n) is 4.21. The van der Waals surface area contributed by atoms with Crippen molar-refractivity contribution in [3.63, 3.8) is 0 Å². The molecule has 0 aliphatic carbocycles. The Kier molecular flexibility index (Phi) is 1.58. The van der Waals surface area contributed by atoms with E-state index < -0.39 is 22.4 Å². The SMILES string of the molecule is O.O=c1c(O)c(O)c1=O. The Morgan fingerprint density at radius 2 is 1.11 bits per heavy atom. The first-order valence-electron chi connectivity index (χ1n) is 1.86. The topological polar surface area (TPSA) is 106 Å². The van der Waals surface area contributed by atoms with Gasteiger partial charge in [-0.25, -0.2) is 0 Å². The highest BCUT2D eigenvalue weighted by atomic mass is 16.3. The van der Waals surface area contributed by atoms with Gasteiger partial charge in [-0.05, 0) is 0 Å². The number of rotatable bonds is 0. The molecule has 0 amide bonds. The molecule has 0 unspecified atom stereocenters. The van der Waals surface area contributed by atoms with E-state index in [1.807, 2.05) is 0 Å². The second-order valence-corrected chi connectivity index (χ2v) is 1.36. The minimum absolute atomic E-state index is 0. The summed E-state index contributed by atoms with van der Waals surface area (Å²) < 4.78 is 0. The van der Waals surface area contributed by atoms with Gasteiger partial charge in [-0.2, -0.15) is 0 Å².